The van der Waals surface area contributed by atoms with Crippen LogP contribution in [0.15, 0.2) is 25.3 Å². The zero-order valence-electron chi connectivity index (χ0n) is 37.9. The zero-order chi connectivity index (χ0) is 45.1. The minimum Gasteiger partial charge on any atom is -0.480 e. The fraction of sp³-hybridized carbons (Fsp3) is 0.778. The molecule has 3 amide bonds. The Balaban J connectivity index is 0.000000338. The van der Waals surface area contributed by atoms with Gasteiger partial charge in [-0.1, -0.05) is 52.7 Å². The van der Waals surface area contributed by atoms with Crippen LogP contribution in [0.25, 0.3) is 0 Å². The maximum Gasteiger partial charge on any atom is 0.408 e. The van der Waals surface area contributed by atoms with Crippen molar-refractivity contribution in [3.8, 4) is 0 Å². The second kappa shape index (κ2) is 21.4. The summed E-state index contributed by atoms with van der Waals surface area (Å²) in [5.74, 6) is 0.321. The number of nitrogens with one attached hydrogen (secondary N) is 2. The third-order valence-electron chi connectivity index (χ3n) is 12.1. The van der Waals surface area contributed by atoms with Gasteiger partial charge in [-0.25, -0.2) is 19.2 Å². The molecule has 4 fully saturated rings. The van der Waals surface area contributed by atoms with Crippen molar-refractivity contribution in [2.75, 3.05) is 20.8 Å². The fourth-order valence-electron chi connectivity index (χ4n) is 8.88. The van der Waals surface area contributed by atoms with E-state index in [1.54, 1.807) is 52.5 Å². The van der Waals surface area contributed by atoms with Gasteiger partial charge in [-0.2, -0.15) is 0 Å². The fourth-order valence-corrected chi connectivity index (χ4v) is 8.88. The number of unbranched alkanes of at least 4 members (excludes halogenated alkanes) is 4. The summed E-state index contributed by atoms with van der Waals surface area (Å²) in [5, 5.41) is 14.1. The van der Waals surface area contributed by atoms with Crippen LogP contribution in [0.3, 0.4) is 0 Å². The van der Waals surface area contributed by atoms with Crippen LogP contribution in [-0.2, 0) is 38.1 Å². The van der Waals surface area contributed by atoms with Gasteiger partial charge in [0.05, 0.1) is 20.1 Å². The van der Waals surface area contributed by atoms with E-state index in [1.165, 1.54) is 20.6 Å². The molecule has 14 nitrogen and oxygen atoms in total. The van der Waals surface area contributed by atoms with Gasteiger partial charge in [0.1, 0.15) is 29.3 Å². The highest BCUT2D eigenvalue weighted by Gasteiger charge is 2.70. The monoisotopic (exact) mass is 834 g/mol. The highest BCUT2D eigenvalue weighted by molar-refractivity contribution is 5.91. The molecule has 1 heterocycles. The molecule has 1 saturated heterocycles. The normalized spacial score (nSPS) is 25.0. The number of allylic oxidation sites excluding steroid dienone is 2. The molecule has 4 aliphatic rings. The van der Waals surface area contributed by atoms with E-state index < -0.39 is 47.5 Å². The third kappa shape index (κ3) is 14.8. The number of likely N-dealkylation sites (tertiary alicyclic amines) is 1. The van der Waals surface area contributed by atoms with Crippen molar-refractivity contribution < 1.29 is 52.8 Å². The van der Waals surface area contributed by atoms with Crippen molar-refractivity contribution in [3.63, 3.8) is 0 Å². The average molecular weight is 834 g/mol. The number of esters is 2. The Hall–Kier alpha value is -4.10. The minimum atomic E-state index is -1.04. The second-order valence-corrected chi connectivity index (χ2v) is 19.5. The van der Waals surface area contributed by atoms with Gasteiger partial charge in [-0.05, 0) is 121 Å². The molecular formula is C45H75N3O11. The lowest BCUT2D eigenvalue weighted by molar-refractivity contribution is -0.153. The first-order chi connectivity index (χ1) is 27.3. The zero-order valence-corrected chi connectivity index (χ0v) is 37.9. The van der Waals surface area contributed by atoms with Gasteiger partial charge in [0.25, 0.3) is 0 Å². The van der Waals surface area contributed by atoms with E-state index in [-0.39, 0.29) is 41.0 Å². The van der Waals surface area contributed by atoms with Crippen molar-refractivity contribution >= 4 is 36.0 Å². The summed E-state index contributed by atoms with van der Waals surface area (Å²) in [6.45, 7) is 27.1. The van der Waals surface area contributed by atoms with Crippen molar-refractivity contribution in [2.45, 2.75) is 163 Å². The molecule has 0 aromatic heterocycles. The number of rotatable bonds is 16. The molecule has 0 radical (unpaired) electrons. The van der Waals surface area contributed by atoms with Gasteiger partial charge < -0.3 is 39.6 Å². The summed E-state index contributed by atoms with van der Waals surface area (Å²) >= 11 is 0. The van der Waals surface area contributed by atoms with E-state index in [0.29, 0.717) is 30.7 Å². The molecule has 59 heavy (non-hydrogen) atoms. The first-order valence-electron chi connectivity index (χ1n) is 21.2. The van der Waals surface area contributed by atoms with Crippen LogP contribution in [0.4, 0.5) is 9.59 Å². The van der Waals surface area contributed by atoms with E-state index >= 15 is 0 Å². The maximum atomic E-state index is 13.3. The molecule has 0 aromatic rings. The largest absolute Gasteiger partial charge is 0.480 e. The van der Waals surface area contributed by atoms with Crippen molar-refractivity contribution in [2.24, 2.45) is 40.4 Å². The SMILES string of the molecule is C=CCCCC[C@H](NC(=O)OC(C)(C)C)C(=O)N1CC2[C@@H]([C@H]1C(=O)OC)C2(C)C.C=CCCCC[C@H](NC(=O)OC(C)(C)C)C(=O)O.COC(=O)[C@H]1CCC2[C@@H]1C2(C)C. The predicted molar refractivity (Wildman–Crippen MR) is 225 cm³/mol. The van der Waals surface area contributed by atoms with Crippen molar-refractivity contribution in [3.05, 3.63) is 25.3 Å². The number of carbonyl (C=O) groups excluding carboxylic acids is 5. The highest BCUT2D eigenvalue weighted by atomic mass is 16.6. The minimum absolute atomic E-state index is 0.00748. The molecule has 3 N–H and O–H groups in total. The number of aliphatic carboxylic acids is 1. The Morgan fingerprint density at radius 1 is 0.712 bits per heavy atom. The quantitative estimate of drug-likeness (QED) is 0.0595. The predicted octanol–water partition coefficient (Wildman–Crippen LogP) is 7.83. The summed E-state index contributed by atoms with van der Waals surface area (Å²) in [6, 6.07) is -2.23. The summed E-state index contributed by atoms with van der Waals surface area (Å²) in [5.41, 5.74) is -0.852. The number of piperidine rings is 1. The summed E-state index contributed by atoms with van der Waals surface area (Å²) in [6.07, 6.45) is 10.4. The molecular weight excluding hydrogens is 759 g/mol. The number of nitrogens with zero attached hydrogens (tertiary/aromatic N) is 1. The van der Waals surface area contributed by atoms with Crippen LogP contribution in [-0.4, -0.2) is 96.1 Å². The van der Waals surface area contributed by atoms with Crippen molar-refractivity contribution in [1.29, 1.82) is 0 Å². The molecule has 0 bridgehead atoms. The second-order valence-electron chi connectivity index (χ2n) is 19.5. The standard InChI is InChI=1S/C22H36N2O5.C13H23NO4.C10H16O2/c1-8-9-10-11-12-15(23-20(27)29-21(2,3)4)18(25)24-13-14-16(22(14,5)6)17(24)19(26)28-7;1-5-6-7-8-9-10(11(15)16)14-12(17)18-13(2,3)4;1-10(2)7-5-4-6(8(7)10)9(11)12-3/h8,14-17H,1,9-13H2,2-7H3,(H,23,27);5,10H,1,6-9H2,2-4H3,(H,14,17)(H,15,16);6-8H,4-5H2,1-3H3/t14?,15-,16-,17-;10-;6-,7?,8+/m000/s1. The Kier molecular flexibility index (Phi) is 18.5. The first kappa shape index (κ1) is 51.0. The average Bonchev–Trinajstić information content (AvgIpc) is 3.58. The van der Waals surface area contributed by atoms with Crippen LogP contribution in [0.1, 0.15) is 133 Å². The van der Waals surface area contributed by atoms with Crippen LogP contribution < -0.4 is 10.6 Å². The Labute approximate surface area is 352 Å². The lowest BCUT2D eigenvalue weighted by atomic mass is 9.93. The highest BCUT2D eigenvalue weighted by Crippen LogP contribution is 2.69. The van der Waals surface area contributed by atoms with E-state index in [1.807, 2.05) is 6.08 Å². The number of methoxy groups -OCH3 is 2. The molecule has 2 unspecified atom stereocenters. The number of hydrogen-bond donors (Lipinski definition) is 3. The molecule has 14 heteroatoms. The van der Waals surface area contributed by atoms with Gasteiger partial charge in [0.15, 0.2) is 0 Å². The number of carboxylic acids is 1. The number of carbonyl (C=O) groups is 6. The smallest absolute Gasteiger partial charge is 0.408 e. The summed E-state index contributed by atoms with van der Waals surface area (Å²) < 4.78 is 20.1. The topological polar surface area (TPSA) is 187 Å². The van der Waals surface area contributed by atoms with Gasteiger partial charge >= 0.3 is 30.1 Å². The molecule has 0 aromatic carbocycles. The maximum absolute atomic E-state index is 13.3. The molecule has 3 aliphatic carbocycles. The Bertz CT molecular complexity index is 1490. The van der Waals surface area contributed by atoms with Crippen LogP contribution in [0, 0.1) is 40.4 Å². The third-order valence-corrected chi connectivity index (χ3v) is 12.1. The summed E-state index contributed by atoms with van der Waals surface area (Å²) in [7, 11) is 2.84. The Morgan fingerprint density at radius 2 is 1.17 bits per heavy atom. The molecule has 4 rings (SSSR count). The molecule has 3 saturated carbocycles. The van der Waals surface area contributed by atoms with Crippen LogP contribution in [0.5, 0.6) is 0 Å². The van der Waals surface area contributed by atoms with Crippen LogP contribution in [0.2, 0.25) is 0 Å². The van der Waals surface area contributed by atoms with Gasteiger partial charge in [0.2, 0.25) is 5.91 Å². The summed E-state index contributed by atoms with van der Waals surface area (Å²) in [4.78, 5) is 73.4. The van der Waals surface area contributed by atoms with Gasteiger partial charge in [-0.3, -0.25) is 9.59 Å². The van der Waals surface area contributed by atoms with Gasteiger partial charge in [0, 0.05) is 12.5 Å². The first-order valence-corrected chi connectivity index (χ1v) is 21.2. The lowest BCUT2D eigenvalue weighted by Crippen LogP contribution is -2.54. The van der Waals surface area contributed by atoms with Gasteiger partial charge in [-0.15, -0.1) is 13.2 Å². The molecule has 8 atom stereocenters. The number of fused-ring (bicyclic) bond motifs is 2. The van der Waals surface area contributed by atoms with E-state index in [4.69, 9.17) is 24.1 Å². The van der Waals surface area contributed by atoms with Crippen LogP contribution >= 0.6 is 0 Å². The number of carboxylic acid groups (broad SMARTS) is 1. The molecule has 0 spiro atoms. The van der Waals surface area contributed by atoms with Crippen molar-refractivity contribution in [1.82, 2.24) is 15.5 Å². The number of ether oxygens (including phenoxy) is 4. The molecule has 336 valence electrons. The lowest BCUT2D eigenvalue weighted by Gasteiger charge is -2.32. The Morgan fingerprint density at radius 3 is 1.58 bits per heavy atom. The number of alkyl carbamates (subject to hydrolysis) is 2. The van der Waals surface area contributed by atoms with E-state index in [0.717, 1.165) is 50.9 Å². The number of hydrogen-bond acceptors (Lipinski definition) is 10. The number of amides is 3. The van der Waals surface area contributed by atoms with E-state index in [2.05, 4.69) is 51.5 Å². The van der Waals surface area contributed by atoms with E-state index in [9.17, 15) is 28.8 Å². The molecule has 1 aliphatic heterocycles.